The lowest BCUT2D eigenvalue weighted by Gasteiger charge is -2.12. The van der Waals surface area contributed by atoms with Crippen LogP contribution in [0.5, 0.6) is 0 Å². The Morgan fingerprint density at radius 3 is 1.60 bits per heavy atom. The number of rotatable bonds is 7. The van der Waals surface area contributed by atoms with Crippen LogP contribution in [0.15, 0.2) is 212 Å². The first-order valence-electron chi connectivity index (χ1n) is 23.3. The Hall–Kier alpha value is -7.57. The summed E-state index contributed by atoms with van der Waals surface area (Å²) >= 11 is 2.79. The molecule has 0 unspecified atom stereocenters. The number of hydrogen-bond acceptors (Lipinski definition) is 5. The molecule has 0 atom stereocenters. The third kappa shape index (κ3) is 6.56. The SMILES string of the molecule is [2H]c1c(-c2cccc(-c3ccccc3)c2)c([2H])c2c(sc3c([2H])c(-c4nc(-c5ccc(-c6ccccc6)cc5)nc(-c5cc(-c6ccccc6)cc6sc7ccccc7c56)n4)c([2H])c([2H])c32)c1[2H]. The first-order chi connectivity index (χ1) is 33.2. The summed E-state index contributed by atoms with van der Waals surface area (Å²) in [6.07, 6.45) is 0. The minimum atomic E-state index is -0.276. The fraction of sp³-hybridized carbons (Fsp3) is 0. The molecule has 0 aliphatic heterocycles. The molecule has 3 aromatic heterocycles. The molecule has 0 saturated carbocycles. The van der Waals surface area contributed by atoms with E-state index in [0.29, 0.717) is 32.2 Å². The van der Waals surface area contributed by atoms with Crippen molar-refractivity contribution in [2.24, 2.45) is 0 Å². The first-order valence-corrected chi connectivity index (χ1v) is 21.9. The lowest BCUT2D eigenvalue weighted by Crippen LogP contribution is -2.00. The van der Waals surface area contributed by atoms with Gasteiger partial charge in [0.15, 0.2) is 17.5 Å². The summed E-state index contributed by atoms with van der Waals surface area (Å²) in [6, 6.07) is 57.4. The maximum absolute atomic E-state index is 9.86. The van der Waals surface area contributed by atoms with E-state index in [1.165, 1.54) is 0 Å². The Balaban J connectivity index is 1.10. The molecule has 0 aliphatic rings. The second kappa shape index (κ2) is 15.2. The van der Waals surface area contributed by atoms with E-state index < -0.39 is 0 Å². The normalized spacial score (nSPS) is 12.9. The van der Waals surface area contributed by atoms with E-state index >= 15 is 0 Å². The van der Waals surface area contributed by atoms with E-state index in [-0.39, 0.29) is 64.0 Å². The molecule has 5 heteroatoms. The molecule has 0 N–H and O–H groups in total. The van der Waals surface area contributed by atoms with Crippen LogP contribution in [0.3, 0.4) is 0 Å². The number of thiophene rings is 2. The van der Waals surface area contributed by atoms with Crippen LogP contribution in [0, 0.1) is 0 Å². The maximum Gasteiger partial charge on any atom is 0.164 e. The van der Waals surface area contributed by atoms with Crippen molar-refractivity contribution in [3.63, 3.8) is 0 Å². The van der Waals surface area contributed by atoms with E-state index in [9.17, 15) is 8.22 Å². The highest BCUT2D eigenvalue weighted by molar-refractivity contribution is 7.26. The van der Waals surface area contributed by atoms with Crippen LogP contribution in [-0.4, -0.2) is 15.0 Å². The highest BCUT2D eigenvalue weighted by atomic mass is 32.1. The monoisotopic (exact) mass is 831 g/mol. The molecule has 0 saturated heterocycles. The topological polar surface area (TPSA) is 38.7 Å². The van der Waals surface area contributed by atoms with Gasteiger partial charge in [0.05, 0.1) is 8.22 Å². The third-order valence-corrected chi connectivity index (χ3v) is 13.3. The molecule has 9 aromatic carbocycles. The fourth-order valence-corrected chi connectivity index (χ4v) is 10.3. The Bertz CT molecular complexity index is 3970. The lowest BCUT2D eigenvalue weighted by atomic mass is 9.98. The summed E-state index contributed by atoms with van der Waals surface area (Å²) in [5.74, 6) is 0.759. The van der Waals surface area contributed by atoms with Crippen molar-refractivity contribution in [3.05, 3.63) is 212 Å². The van der Waals surface area contributed by atoms with Crippen molar-refractivity contribution in [1.29, 1.82) is 0 Å². The summed E-state index contributed by atoms with van der Waals surface area (Å²) in [4.78, 5) is 15.4. The molecule has 0 radical (unpaired) electrons. The first kappa shape index (κ1) is 30.5. The number of benzene rings is 9. The molecule has 12 rings (SSSR count). The summed E-state index contributed by atoms with van der Waals surface area (Å²) < 4.78 is 60.1. The lowest BCUT2D eigenvalue weighted by molar-refractivity contribution is 1.08. The van der Waals surface area contributed by atoms with E-state index in [1.54, 1.807) is 11.3 Å². The van der Waals surface area contributed by atoms with Gasteiger partial charge < -0.3 is 0 Å². The van der Waals surface area contributed by atoms with E-state index in [1.807, 2.05) is 127 Å². The Labute approximate surface area is 375 Å². The molecular formula is C57H35N3S2. The molecule has 0 amide bonds. The summed E-state index contributed by atoms with van der Waals surface area (Å²) in [6.45, 7) is 0. The largest absolute Gasteiger partial charge is 0.208 e. The van der Waals surface area contributed by atoms with Gasteiger partial charge >= 0.3 is 0 Å². The van der Waals surface area contributed by atoms with Gasteiger partial charge in [0.25, 0.3) is 0 Å². The molecular weight excluding hydrogens is 791 g/mol. The van der Waals surface area contributed by atoms with Crippen molar-refractivity contribution in [3.8, 4) is 78.7 Å². The number of aromatic nitrogens is 3. The van der Waals surface area contributed by atoms with Crippen LogP contribution in [-0.2, 0) is 0 Å². The van der Waals surface area contributed by atoms with Gasteiger partial charge in [-0.2, -0.15) is 0 Å². The Morgan fingerprint density at radius 1 is 0.306 bits per heavy atom. The zero-order valence-corrected chi connectivity index (χ0v) is 34.5. The van der Waals surface area contributed by atoms with Crippen LogP contribution in [0.4, 0.5) is 0 Å². The van der Waals surface area contributed by atoms with Gasteiger partial charge in [-0.1, -0.05) is 170 Å². The molecule has 0 spiro atoms. The van der Waals surface area contributed by atoms with Crippen molar-refractivity contribution in [2.45, 2.75) is 0 Å². The predicted molar refractivity (Wildman–Crippen MR) is 264 cm³/mol. The molecule has 3 heterocycles. The van der Waals surface area contributed by atoms with Gasteiger partial charge in [0.1, 0.15) is 0 Å². The average molecular weight is 832 g/mol. The van der Waals surface area contributed by atoms with E-state index in [4.69, 9.17) is 15.0 Å². The van der Waals surface area contributed by atoms with Crippen molar-refractivity contribution in [1.82, 2.24) is 15.0 Å². The van der Waals surface area contributed by atoms with E-state index in [0.717, 1.165) is 70.5 Å². The molecule has 290 valence electrons. The van der Waals surface area contributed by atoms with Crippen LogP contribution in [0.2, 0.25) is 0 Å². The standard InChI is InChI=1S/C57H35N3S2/c1-4-13-36(14-5-1)39-23-25-40(26-24-39)55-58-56(60-57(59-55)49-33-45(38-17-8-3-9-18-38)35-53-54(49)47-21-10-11-22-50(47)62-53)44-27-29-46-48-32-43(28-30-51(48)61-52(46)34-44)42-20-12-19-41(31-42)37-15-6-2-7-16-37/h1-35H/i27D,28D,29D,30D,32D,34D. The highest BCUT2D eigenvalue weighted by Crippen LogP contribution is 2.43. The van der Waals surface area contributed by atoms with Crippen LogP contribution < -0.4 is 0 Å². The number of fused-ring (bicyclic) bond motifs is 6. The van der Waals surface area contributed by atoms with Gasteiger partial charge in [0, 0.05) is 57.0 Å². The molecule has 62 heavy (non-hydrogen) atoms. The average Bonchev–Trinajstić information content (AvgIpc) is 3.99. The summed E-state index contributed by atoms with van der Waals surface area (Å²) in [5, 5.41) is 2.55. The molecule has 0 fully saturated rings. The maximum atomic E-state index is 9.86. The molecule has 3 nitrogen and oxygen atoms in total. The number of nitrogens with zero attached hydrogens (tertiary/aromatic N) is 3. The van der Waals surface area contributed by atoms with Crippen LogP contribution >= 0.6 is 22.7 Å². The van der Waals surface area contributed by atoms with Crippen molar-refractivity contribution < 1.29 is 8.22 Å². The van der Waals surface area contributed by atoms with Crippen molar-refractivity contribution >= 4 is 63.0 Å². The minimum absolute atomic E-state index is 0.0218. The molecule has 0 aliphatic carbocycles. The molecule has 0 bridgehead atoms. The predicted octanol–water partition coefficient (Wildman–Crippen LogP) is 16.3. The van der Waals surface area contributed by atoms with Gasteiger partial charge in [-0.15, -0.1) is 22.7 Å². The molecule has 12 aromatic rings. The quantitative estimate of drug-likeness (QED) is 0.161. The zero-order valence-electron chi connectivity index (χ0n) is 38.9. The van der Waals surface area contributed by atoms with Gasteiger partial charge in [-0.25, -0.2) is 15.0 Å². The smallest absolute Gasteiger partial charge is 0.164 e. The Kier molecular flexibility index (Phi) is 7.45. The number of hydrogen-bond donors (Lipinski definition) is 0. The van der Waals surface area contributed by atoms with Gasteiger partial charge in [-0.05, 0) is 86.9 Å². The second-order valence-electron chi connectivity index (χ2n) is 15.1. The van der Waals surface area contributed by atoms with E-state index in [2.05, 4.69) is 48.5 Å². The summed E-state index contributed by atoms with van der Waals surface area (Å²) in [5.41, 5.74) is 8.35. The summed E-state index contributed by atoms with van der Waals surface area (Å²) in [7, 11) is 0. The third-order valence-electron chi connectivity index (χ3n) is 11.2. The fourth-order valence-electron chi connectivity index (χ4n) is 8.14. The zero-order chi connectivity index (χ0) is 46.2. The van der Waals surface area contributed by atoms with Crippen molar-refractivity contribution in [2.75, 3.05) is 0 Å². The highest BCUT2D eigenvalue weighted by Gasteiger charge is 2.20. The minimum Gasteiger partial charge on any atom is -0.208 e. The van der Waals surface area contributed by atoms with Crippen LogP contribution in [0.25, 0.3) is 119 Å². The van der Waals surface area contributed by atoms with Gasteiger partial charge in [-0.3, -0.25) is 0 Å². The Morgan fingerprint density at radius 2 is 0.855 bits per heavy atom. The van der Waals surface area contributed by atoms with Gasteiger partial charge in [0.2, 0.25) is 0 Å². The van der Waals surface area contributed by atoms with Crippen LogP contribution in [0.1, 0.15) is 8.22 Å². The second-order valence-corrected chi connectivity index (χ2v) is 17.2.